The van der Waals surface area contributed by atoms with Gasteiger partial charge in [-0.2, -0.15) is 5.10 Å². The number of aromatic nitrogens is 2. The Bertz CT molecular complexity index is 812. The molecule has 0 aliphatic heterocycles. The number of halogens is 3. The molecule has 1 heterocycles. The second-order valence-corrected chi connectivity index (χ2v) is 7.09. The zero-order chi connectivity index (χ0) is 15.0. The smallest absolute Gasteiger partial charge is 0.153 e. The van der Waals surface area contributed by atoms with E-state index < -0.39 is 0 Å². The summed E-state index contributed by atoms with van der Waals surface area (Å²) < 4.78 is 2.95. The molecular formula is C15H10Br3N3. The lowest BCUT2D eigenvalue weighted by atomic mass is 10.0. The van der Waals surface area contributed by atoms with E-state index in [2.05, 4.69) is 58.0 Å². The van der Waals surface area contributed by atoms with Crippen LogP contribution in [0.1, 0.15) is 0 Å². The molecular weight excluding hydrogens is 462 g/mol. The van der Waals surface area contributed by atoms with Crippen molar-refractivity contribution in [3.05, 3.63) is 55.9 Å². The number of H-pyrrole nitrogens is 1. The molecule has 0 aliphatic carbocycles. The Morgan fingerprint density at radius 3 is 2.38 bits per heavy atom. The van der Waals surface area contributed by atoms with Crippen LogP contribution in [0.2, 0.25) is 0 Å². The summed E-state index contributed by atoms with van der Waals surface area (Å²) in [5.74, 6) is 0.478. The highest BCUT2D eigenvalue weighted by Crippen LogP contribution is 2.41. The third-order valence-corrected chi connectivity index (χ3v) is 4.98. The van der Waals surface area contributed by atoms with Crippen LogP contribution < -0.4 is 5.73 Å². The van der Waals surface area contributed by atoms with E-state index in [1.807, 2.05) is 42.5 Å². The molecule has 0 aliphatic rings. The van der Waals surface area contributed by atoms with E-state index in [4.69, 9.17) is 5.73 Å². The van der Waals surface area contributed by atoms with E-state index in [-0.39, 0.29) is 0 Å². The number of hydrogen-bond acceptors (Lipinski definition) is 2. The normalized spacial score (nSPS) is 10.8. The number of nitrogen functional groups attached to an aromatic ring is 1. The van der Waals surface area contributed by atoms with Gasteiger partial charge in [0.25, 0.3) is 0 Å². The third kappa shape index (κ3) is 2.80. The molecule has 3 aromatic rings. The predicted molar refractivity (Wildman–Crippen MR) is 97.0 cm³/mol. The Balaban J connectivity index is 2.25. The molecule has 21 heavy (non-hydrogen) atoms. The summed E-state index contributed by atoms with van der Waals surface area (Å²) in [6.45, 7) is 0. The number of hydrogen-bond donors (Lipinski definition) is 2. The molecule has 0 unspecified atom stereocenters. The van der Waals surface area contributed by atoms with Crippen molar-refractivity contribution in [3.63, 3.8) is 0 Å². The van der Waals surface area contributed by atoms with Gasteiger partial charge in [0, 0.05) is 24.5 Å². The number of nitrogens with zero attached hydrogens (tertiary/aromatic N) is 1. The zero-order valence-corrected chi connectivity index (χ0v) is 15.5. The molecule has 6 heteroatoms. The van der Waals surface area contributed by atoms with E-state index in [0.29, 0.717) is 5.82 Å². The van der Waals surface area contributed by atoms with Crippen molar-refractivity contribution >= 4 is 53.6 Å². The van der Waals surface area contributed by atoms with E-state index >= 15 is 0 Å². The quantitative estimate of drug-likeness (QED) is 0.510. The molecule has 0 spiro atoms. The van der Waals surface area contributed by atoms with Crippen molar-refractivity contribution in [2.75, 3.05) is 5.73 Å². The van der Waals surface area contributed by atoms with Gasteiger partial charge < -0.3 is 5.73 Å². The highest BCUT2D eigenvalue weighted by molar-refractivity contribution is 9.11. The van der Waals surface area contributed by atoms with Crippen LogP contribution in [0.15, 0.2) is 55.9 Å². The summed E-state index contributed by atoms with van der Waals surface area (Å²) in [6, 6.07) is 14.0. The van der Waals surface area contributed by atoms with Crippen molar-refractivity contribution in [2.45, 2.75) is 0 Å². The van der Waals surface area contributed by atoms with Crippen LogP contribution in [0.25, 0.3) is 22.4 Å². The van der Waals surface area contributed by atoms with Gasteiger partial charge in [0.2, 0.25) is 0 Å². The summed E-state index contributed by atoms with van der Waals surface area (Å²) in [5.41, 5.74) is 9.87. The number of rotatable bonds is 2. The first-order valence-corrected chi connectivity index (χ1v) is 8.50. The zero-order valence-electron chi connectivity index (χ0n) is 10.7. The van der Waals surface area contributed by atoms with Crippen molar-refractivity contribution in [1.82, 2.24) is 10.2 Å². The maximum atomic E-state index is 6.07. The van der Waals surface area contributed by atoms with Crippen molar-refractivity contribution in [1.29, 1.82) is 0 Å². The van der Waals surface area contributed by atoms with Crippen LogP contribution in [0.4, 0.5) is 5.82 Å². The SMILES string of the molecule is Nc1n[nH]c(-c2ccc(Br)cc2Br)c1-c1ccccc1Br. The predicted octanol–water partition coefficient (Wildman–Crippen LogP) is 5.61. The maximum Gasteiger partial charge on any atom is 0.153 e. The van der Waals surface area contributed by atoms with E-state index in [1.165, 1.54) is 0 Å². The molecule has 0 fully saturated rings. The lowest BCUT2D eigenvalue weighted by Crippen LogP contribution is -1.90. The van der Waals surface area contributed by atoms with Gasteiger partial charge in [-0.1, -0.05) is 72.1 Å². The van der Waals surface area contributed by atoms with Gasteiger partial charge in [-0.05, 0) is 18.2 Å². The van der Waals surface area contributed by atoms with E-state index in [9.17, 15) is 0 Å². The largest absolute Gasteiger partial charge is 0.382 e. The average Bonchev–Trinajstić information content (AvgIpc) is 2.81. The maximum absolute atomic E-state index is 6.07. The Morgan fingerprint density at radius 1 is 0.905 bits per heavy atom. The summed E-state index contributed by atoms with van der Waals surface area (Å²) in [7, 11) is 0. The fraction of sp³-hybridized carbons (Fsp3) is 0. The summed E-state index contributed by atoms with van der Waals surface area (Å²) in [5, 5.41) is 7.21. The topological polar surface area (TPSA) is 54.7 Å². The molecule has 2 aromatic carbocycles. The first kappa shape index (κ1) is 14.8. The first-order valence-electron chi connectivity index (χ1n) is 6.12. The molecule has 3 rings (SSSR count). The van der Waals surface area contributed by atoms with Gasteiger partial charge in [0.05, 0.1) is 11.3 Å². The monoisotopic (exact) mass is 469 g/mol. The van der Waals surface area contributed by atoms with E-state index in [0.717, 1.165) is 35.8 Å². The van der Waals surface area contributed by atoms with Crippen molar-refractivity contribution < 1.29 is 0 Å². The Labute approximate surface area is 147 Å². The fourth-order valence-corrected chi connectivity index (χ4v) is 3.91. The Hall–Kier alpha value is -1.11. The minimum Gasteiger partial charge on any atom is -0.382 e. The number of nitrogens with one attached hydrogen (secondary N) is 1. The summed E-state index contributed by atoms with van der Waals surface area (Å²) in [4.78, 5) is 0. The second-order valence-electron chi connectivity index (χ2n) is 4.46. The molecule has 0 amide bonds. The fourth-order valence-electron chi connectivity index (χ4n) is 2.18. The van der Waals surface area contributed by atoms with Gasteiger partial charge in [0.15, 0.2) is 5.82 Å². The van der Waals surface area contributed by atoms with Crippen molar-refractivity contribution in [3.8, 4) is 22.4 Å². The molecule has 0 radical (unpaired) electrons. The van der Waals surface area contributed by atoms with Gasteiger partial charge >= 0.3 is 0 Å². The molecule has 3 N–H and O–H groups in total. The highest BCUT2D eigenvalue weighted by atomic mass is 79.9. The minimum atomic E-state index is 0.478. The standard InChI is InChI=1S/C15H10Br3N3/c16-8-5-6-10(12(18)7-8)14-13(15(19)21-20-14)9-3-1-2-4-11(9)17/h1-7H,(H3,19,20,21). The average molecular weight is 472 g/mol. The summed E-state index contributed by atoms with van der Waals surface area (Å²) in [6.07, 6.45) is 0. The molecule has 0 atom stereocenters. The molecule has 3 nitrogen and oxygen atoms in total. The number of aromatic amines is 1. The summed E-state index contributed by atoms with van der Waals surface area (Å²) >= 11 is 10.6. The minimum absolute atomic E-state index is 0.478. The lowest BCUT2D eigenvalue weighted by molar-refractivity contribution is 1.10. The molecule has 106 valence electrons. The van der Waals surface area contributed by atoms with Crippen molar-refractivity contribution in [2.24, 2.45) is 0 Å². The van der Waals surface area contributed by atoms with Crippen LogP contribution in [0.5, 0.6) is 0 Å². The number of nitrogens with two attached hydrogens (primary N) is 1. The van der Waals surface area contributed by atoms with Gasteiger partial charge in [-0.3, -0.25) is 5.10 Å². The van der Waals surface area contributed by atoms with Gasteiger partial charge in [0.1, 0.15) is 0 Å². The van der Waals surface area contributed by atoms with Gasteiger partial charge in [-0.25, -0.2) is 0 Å². The van der Waals surface area contributed by atoms with Crippen LogP contribution in [-0.2, 0) is 0 Å². The Kier molecular flexibility index (Phi) is 4.19. The molecule has 1 aromatic heterocycles. The van der Waals surface area contributed by atoms with Gasteiger partial charge in [-0.15, -0.1) is 0 Å². The van der Waals surface area contributed by atoms with Crippen LogP contribution in [0, 0.1) is 0 Å². The second kappa shape index (κ2) is 5.94. The first-order chi connectivity index (χ1) is 10.1. The van der Waals surface area contributed by atoms with Crippen LogP contribution in [0.3, 0.4) is 0 Å². The van der Waals surface area contributed by atoms with Crippen LogP contribution >= 0.6 is 47.8 Å². The highest BCUT2D eigenvalue weighted by Gasteiger charge is 2.18. The van der Waals surface area contributed by atoms with E-state index in [1.54, 1.807) is 0 Å². The molecule has 0 bridgehead atoms. The number of anilines is 1. The van der Waals surface area contributed by atoms with Crippen LogP contribution in [-0.4, -0.2) is 10.2 Å². The Morgan fingerprint density at radius 2 is 1.67 bits per heavy atom. The number of benzene rings is 2. The molecule has 0 saturated carbocycles. The lowest BCUT2D eigenvalue weighted by Gasteiger charge is -2.08. The third-order valence-electron chi connectivity index (χ3n) is 3.14. The molecule has 0 saturated heterocycles.